The lowest BCUT2D eigenvalue weighted by molar-refractivity contribution is 1.30. The van der Waals surface area contributed by atoms with Gasteiger partial charge in [-0.15, -0.1) is 12.2 Å². The van der Waals surface area contributed by atoms with Crippen LogP contribution in [0.3, 0.4) is 0 Å². The summed E-state index contributed by atoms with van der Waals surface area (Å²) in [4.78, 5) is 0. The molecule has 0 saturated carbocycles. The highest BCUT2D eigenvalue weighted by molar-refractivity contribution is 5.31. The van der Waals surface area contributed by atoms with Crippen LogP contribution in [0.5, 0.6) is 0 Å². The molecule has 0 radical (unpaired) electrons. The number of rotatable bonds is 0. The zero-order valence-electron chi connectivity index (χ0n) is 4.80. The van der Waals surface area contributed by atoms with E-state index in [-0.39, 0.29) is 0 Å². The van der Waals surface area contributed by atoms with E-state index in [0.717, 1.165) is 12.0 Å². The van der Waals surface area contributed by atoms with Crippen molar-refractivity contribution in [1.82, 2.24) is 0 Å². The summed E-state index contributed by atoms with van der Waals surface area (Å²) in [5.74, 6) is 0. The average molecular weight is 105 g/mol. The molecule has 1 rings (SSSR count). The molecule has 0 saturated heterocycles. The van der Waals surface area contributed by atoms with Crippen molar-refractivity contribution >= 4 is 0 Å². The molecule has 1 aliphatic carbocycles. The van der Waals surface area contributed by atoms with E-state index in [9.17, 15) is 0 Å². The van der Waals surface area contributed by atoms with E-state index >= 15 is 0 Å². The molecule has 8 heavy (non-hydrogen) atoms. The first-order valence-electron chi connectivity index (χ1n) is 2.75. The molecule has 42 valence electrons. The van der Waals surface area contributed by atoms with Gasteiger partial charge in [0.05, 0.1) is 0 Å². The third kappa shape index (κ3) is 1.30. The van der Waals surface area contributed by atoms with E-state index in [1.54, 1.807) is 0 Å². The van der Waals surface area contributed by atoms with Crippen molar-refractivity contribution in [1.29, 1.82) is 0 Å². The molecule has 0 atom stereocenters. The minimum Gasteiger partial charge on any atom is -0.227 e. The molecule has 0 aromatic rings. The Kier molecular flexibility index (Phi) is 1.58. The number of hydrogen-bond donors (Lipinski definition) is 0. The summed E-state index contributed by atoms with van der Waals surface area (Å²) in [6.07, 6.45) is 11.3. The lowest BCUT2D eigenvalue weighted by atomic mass is 10.3. The van der Waals surface area contributed by atoms with E-state index < -0.39 is 0 Å². The van der Waals surface area contributed by atoms with Crippen LogP contribution in [0.25, 0.3) is 0 Å². The van der Waals surface area contributed by atoms with Crippen LogP contribution in [0.1, 0.15) is 6.42 Å². The Hall–Kier alpha value is -0.910. The fraction of sp³-hybridized carbons (Fsp3) is 0.125. The van der Waals surface area contributed by atoms with Crippen molar-refractivity contribution in [2.45, 2.75) is 6.42 Å². The third-order valence-electron chi connectivity index (χ3n) is 1.05. The summed E-state index contributed by atoms with van der Waals surface area (Å²) in [7, 11) is 0. The minimum atomic E-state index is 1.04. The summed E-state index contributed by atoms with van der Waals surface area (Å²) in [5.41, 5.74) is 1.08. The molecule has 0 N–H and O–H groups in total. The molecular formula is C8H9-. The van der Waals surface area contributed by atoms with Gasteiger partial charge in [0, 0.05) is 0 Å². The predicted molar refractivity (Wildman–Crippen MR) is 36.3 cm³/mol. The fourth-order valence-corrected chi connectivity index (χ4v) is 0.624. The van der Waals surface area contributed by atoms with E-state index in [1.807, 2.05) is 18.2 Å². The Balaban J connectivity index is 2.64. The topological polar surface area (TPSA) is 0 Å². The maximum absolute atomic E-state index is 3.78. The van der Waals surface area contributed by atoms with Crippen molar-refractivity contribution < 1.29 is 0 Å². The van der Waals surface area contributed by atoms with Gasteiger partial charge in [0.25, 0.3) is 0 Å². The maximum atomic E-state index is 3.78. The van der Waals surface area contributed by atoms with Gasteiger partial charge in [-0.1, -0.05) is 18.6 Å². The van der Waals surface area contributed by atoms with Gasteiger partial charge in [0.15, 0.2) is 0 Å². The van der Waals surface area contributed by atoms with Gasteiger partial charge in [-0.05, 0) is 0 Å². The average Bonchev–Trinajstić information content (AvgIpc) is 1.94. The minimum absolute atomic E-state index is 1.04. The SMILES string of the molecule is C=C1C=C[CH-]CC=C1. The van der Waals surface area contributed by atoms with Crippen LogP contribution in [0.4, 0.5) is 0 Å². The van der Waals surface area contributed by atoms with Gasteiger partial charge < -0.3 is 0 Å². The van der Waals surface area contributed by atoms with Crippen molar-refractivity contribution in [3.8, 4) is 0 Å². The van der Waals surface area contributed by atoms with Crippen molar-refractivity contribution in [2.24, 2.45) is 0 Å². The largest absolute Gasteiger partial charge is 0.227 e. The van der Waals surface area contributed by atoms with E-state index in [2.05, 4.69) is 19.1 Å². The highest BCUT2D eigenvalue weighted by Gasteiger charge is 1.75. The molecule has 0 aliphatic heterocycles. The maximum Gasteiger partial charge on any atom is -0.0787 e. The van der Waals surface area contributed by atoms with Gasteiger partial charge in [0.2, 0.25) is 0 Å². The molecule has 0 spiro atoms. The summed E-state index contributed by atoms with van der Waals surface area (Å²) in [6, 6.07) is 0. The van der Waals surface area contributed by atoms with E-state index in [1.165, 1.54) is 0 Å². The molecule has 1 aliphatic rings. The zero-order chi connectivity index (χ0) is 5.82. The molecule has 0 heteroatoms. The van der Waals surface area contributed by atoms with Gasteiger partial charge in [-0.3, -0.25) is 0 Å². The molecule has 0 amide bonds. The van der Waals surface area contributed by atoms with Crippen LogP contribution >= 0.6 is 0 Å². The normalized spacial score (nSPS) is 17.8. The molecule has 0 aromatic carbocycles. The molecule has 0 unspecified atom stereocenters. The standard InChI is InChI=1S/C8H9/c1-8-6-4-2-3-5-7-8/h2,4-7H,1,3H2/q-1. The Morgan fingerprint density at radius 2 is 2.38 bits per heavy atom. The van der Waals surface area contributed by atoms with E-state index in [0.29, 0.717) is 0 Å². The quantitative estimate of drug-likeness (QED) is 0.414. The number of hydrogen-bond acceptors (Lipinski definition) is 0. The summed E-state index contributed by atoms with van der Waals surface area (Å²) >= 11 is 0. The summed E-state index contributed by atoms with van der Waals surface area (Å²) < 4.78 is 0. The molecule has 0 bridgehead atoms. The second-order valence-corrected chi connectivity index (χ2v) is 1.81. The molecule has 0 heterocycles. The molecule has 0 aromatic heterocycles. The smallest absolute Gasteiger partial charge is 0.0787 e. The Labute approximate surface area is 50.2 Å². The van der Waals surface area contributed by atoms with Crippen LogP contribution < -0.4 is 0 Å². The summed E-state index contributed by atoms with van der Waals surface area (Å²) in [5, 5.41) is 0. The van der Waals surface area contributed by atoms with Crippen LogP contribution in [0.2, 0.25) is 0 Å². The van der Waals surface area contributed by atoms with Gasteiger partial charge in [0.1, 0.15) is 0 Å². The predicted octanol–water partition coefficient (Wildman–Crippen LogP) is 2.26. The van der Waals surface area contributed by atoms with Gasteiger partial charge in [-0.2, -0.15) is 0 Å². The first-order chi connectivity index (χ1) is 3.89. The fourth-order valence-electron chi connectivity index (χ4n) is 0.624. The molecule has 0 nitrogen and oxygen atoms in total. The highest BCUT2D eigenvalue weighted by atomic mass is 13.9. The zero-order valence-corrected chi connectivity index (χ0v) is 4.80. The second-order valence-electron chi connectivity index (χ2n) is 1.81. The van der Waals surface area contributed by atoms with Crippen LogP contribution in [0.15, 0.2) is 36.5 Å². The first kappa shape index (κ1) is 5.23. The Bertz CT molecular complexity index is 122. The van der Waals surface area contributed by atoms with E-state index in [4.69, 9.17) is 0 Å². The van der Waals surface area contributed by atoms with Gasteiger partial charge in [-0.25, -0.2) is 18.6 Å². The Morgan fingerprint density at radius 1 is 1.50 bits per heavy atom. The van der Waals surface area contributed by atoms with Crippen LogP contribution in [-0.2, 0) is 0 Å². The second kappa shape index (κ2) is 2.41. The summed E-state index contributed by atoms with van der Waals surface area (Å²) in [6.45, 7) is 3.78. The first-order valence-corrected chi connectivity index (χ1v) is 2.75. The lowest BCUT2D eigenvalue weighted by Crippen LogP contribution is -1.59. The monoisotopic (exact) mass is 105 g/mol. The lowest BCUT2D eigenvalue weighted by Gasteiger charge is -1.90. The Morgan fingerprint density at radius 3 is 3.25 bits per heavy atom. The number of allylic oxidation sites excluding steroid dienone is 5. The molecule has 0 fully saturated rings. The van der Waals surface area contributed by atoms with Gasteiger partial charge >= 0.3 is 0 Å². The third-order valence-corrected chi connectivity index (χ3v) is 1.05. The van der Waals surface area contributed by atoms with Crippen LogP contribution in [0, 0.1) is 6.42 Å². The highest BCUT2D eigenvalue weighted by Crippen LogP contribution is 2.04. The van der Waals surface area contributed by atoms with Crippen LogP contribution in [-0.4, -0.2) is 0 Å². The van der Waals surface area contributed by atoms with Crippen molar-refractivity contribution in [3.63, 3.8) is 0 Å². The van der Waals surface area contributed by atoms with Crippen molar-refractivity contribution in [2.75, 3.05) is 0 Å². The molecular weight excluding hydrogens is 96.1 g/mol. The van der Waals surface area contributed by atoms with Crippen molar-refractivity contribution in [3.05, 3.63) is 42.9 Å².